The molecular weight excluding hydrogens is 283 g/mol. The van der Waals surface area contributed by atoms with Gasteiger partial charge in [-0.05, 0) is 42.0 Å². The fraction of sp³-hybridized carbons (Fsp3) is 0.0476. The molecule has 0 atom stereocenters. The molecule has 0 radical (unpaired) electrons. The van der Waals surface area contributed by atoms with E-state index in [1.807, 2.05) is 6.08 Å². The summed E-state index contributed by atoms with van der Waals surface area (Å²) in [5, 5.41) is 4.22. The van der Waals surface area contributed by atoms with Gasteiger partial charge in [0.15, 0.2) is 0 Å². The highest BCUT2D eigenvalue weighted by Gasteiger charge is 2.39. The van der Waals surface area contributed by atoms with E-state index in [1.165, 1.54) is 15.9 Å². The standard InChI is InChI=1S/C21H20P/c1-3-18-14-16-21(17-15-18)22(2,19-10-6-4-7-11-19)20-12-8-5-9-13-20/h3-17H,1H2,2H3/q+1. The summed E-state index contributed by atoms with van der Waals surface area (Å²) in [6, 6.07) is 30.5. The summed E-state index contributed by atoms with van der Waals surface area (Å²) < 4.78 is 0. The average molecular weight is 303 g/mol. The van der Waals surface area contributed by atoms with Crippen LogP contribution in [-0.4, -0.2) is 6.66 Å². The molecule has 3 aromatic carbocycles. The van der Waals surface area contributed by atoms with Crippen LogP contribution in [-0.2, 0) is 0 Å². The zero-order valence-corrected chi connectivity index (χ0v) is 13.7. The van der Waals surface area contributed by atoms with Gasteiger partial charge < -0.3 is 0 Å². The van der Waals surface area contributed by atoms with Crippen molar-refractivity contribution in [2.45, 2.75) is 0 Å². The molecular formula is C21H20P+. The summed E-state index contributed by atoms with van der Waals surface area (Å²) in [6.45, 7) is 6.25. The number of hydrogen-bond acceptors (Lipinski definition) is 0. The van der Waals surface area contributed by atoms with Crippen LogP contribution in [0.3, 0.4) is 0 Å². The highest BCUT2D eigenvalue weighted by molar-refractivity contribution is 7.95. The van der Waals surface area contributed by atoms with Gasteiger partial charge in [0, 0.05) is 0 Å². The van der Waals surface area contributed by atoms with Crippen molar-refractivity contribution < 1.29 is 0 Å². The first-order valence-corrected chi connectivity index (χ1v) is 9.69. The molecule has 0 amide bonds. The number of benzene rings is 3. The van der Waals surface area contributed by atoms with Gasteiger partial charge in [0.2, 0.25) is 0 Å². The normalized spacial score (nSPS) is 11.1. The third-order valence-electron chi connectivity index (χ3n) is 4.19. The first-order chi connectivity index (χ1) is 10.7. The Morgan fingerprint density at radius 3 is 1.45 bits per heavy atom. The predicted octanol–water partition coefficient (Wildman–Crippen LogP) is 4.25. The maximum absolute atomic E-state index is 3.85. The molecule has 0 bridgehead atoms. The molecule has 0 saturated carbocycles. The van der Waals surface area contributed by atoms with Crippen molar-refractivity contribution in [3.05, 3.63) is 97.1 Å². The van der Waals surface area contributed by atoms with Crippen molar-refractivity contribution >= 4 is 29.3 Å². The molecule has 0 heterocycles. The van der Waals surface area contributed by atoms with Crippen LogP contribution in [0.25, 0.3) is 6.08 Å². The average Bonchev–Trinajstić information content (AvgIpc) is 2.62. The van der Waals surface area contributed by atoms with E-state index < -0.39 is 7.26 Å². The lowest BCUT2D eigenvalue weighted by Crippen LogP contribution is -2.30. The molecule has 0 unspecified atom stereocenters. The minimum atomic E-state index is -1.59. The summed E-state index contributed by atoms with van der Waals surface area (Å²) in [5.74, 6) is 0. The van der Waals surface area contributed by atoms with E-state index in [9.17, 15) is 0 Å². The Morgan fingerprint density at radius 1 is 0.636 bits per heavy atom. The molecule has 0 nitrogen and oxygen atoms in total. The Balaban J connectivity index is 2.20. The summed E-state index contributed by atoms with van der Waals surface area (Å²) in [6.07, 6.45) is 1.89. The van der Waals surface area contributed by atoms with Gasteiger partial charge in [0.05, 0.1) is 6.66 Å². The number of rotatable bonds is 4. The Bertz CT molecular complexity index is 703. The number of hydrogen-bond donors (Lipinski definition) is 0. The van der Waals surface area contributed by atoms with Gasteiger partial charge in [-0.15, -0.1) is 0 Å². The van der Waals surface area contributed by atoms with Crippen LogP contribution < -0.4 is 15.9 Å². The van der Waals surface area contributed by atoms with Crippen LogP contribution in [0, 0.1) is 0 Å². The fourth-order valence-corrected chi connectivity index (χ4v) is 5.98. The van der Waals surface area contributed by atoms with Crippen molar-refractivity contribution in [3.8, 4) is 0 Å². The summed E-state index contributed by atoms with van der Waals surface area (Å²) >= 11 is 0. The van der Waals surface area contributed by atoms with Gasteiger partial charge in [0.25, 0.3) is 0 Å². The van der Waals surface area contributed by atoms with Gasteiger partial charge in [-0.1, -0.05) is 61.2 Å². The summed E-state index contributed by atoms with van der Waals surface area (Å²) in [7, 11) is -1.59. The van der Waals surface area contributed by atoms with Crippen molar-refractivity contribution in [3.63, 3.8) is 0 Å². The zero-order valence-electron chi connectivity index (χ0n) is 12.8. The SMILES string of the molecule is C=Cc1ccc([P+](C)(c2ccccc2)c2ccccc2)cc1. The molecule has 0 N–H and O–H groups in total. The first-order valence-electron chi connectivity index (χ1n) is 7.46. The highest BCUT2D eigenvalue weighted by atomic mass is 31.2. The summed E-state index contributed by atoms with van der Waals surface area (Å²) in [4.78, 5) is 0. The lowest BCUT2D eigenvalue weighted by Gasteiger charge is -2.23. The smallest absolute Gasteiger partial charge is 0.0985 e. The maximum Gasteiger partial charge on any atom is 0.109 e. The largest absolute Gasteiger partial charge is 0.109 e. The van der Waals surface area contributed by atoms with E-state index >= 15 is 0 Å². The topological polar surface area (TPSA) is 0 Å². The van der Waals surface area contributed by atoms with Gasteiger partial charge in [-0.25, -0.2) is 0 Å². The Morgan fingerprint density at radius 2 is 1.05 bits per heavy atom. The van der Waals surface area contributed by atoms with Crippen molar-refractivity contribution in [2.24, 2.45) is 0 Å². The minimum absolute atomic E-state index is 1.16. The molecule has 0 aromatic heterocycles. The third kappa shape index (κ3) is 2.63. The van der Waals surface area contributed by atoms with Crippen LogP contribution in [0.1, 0.15) is 5.56 Å². The van der Waals surface area contributed by atoms with Crippen LogP contribution in [0.4, 0.5) is 0 Å². The van der Waals surface area contributed by atoms with Crippen LogP contribution >= 0.6 is 7.26 Å². The molecule has 0 aliphatic rings. The van der Waals surface area contributed by atoms with E-state index in [4.69, 9.17) is 0 Å². The van der Waals surface area contributed by atoms with Crippen molar-refractivity contribution in [1.82, 2.24) is 0 Å². The molecule has 3 aromatic rings. The quantitative estimate of drug-likeness (QED) is 0.632. The second-order valence-electron chi connectivity index (χ2n) is 5.47. The molecule has 0 aliphatic heterocycles. The maximum atomic E-state index is 3.85. The predicted molar refractivity (Wildman–Crippen MR) is 101 cm³/mol. The van der Waals surface area contributed by atoms with E-state index in [1.54, 1.807) is 0 Å². The van der Waals surface area contributed by atoms with E-state index in [0.717, 1.165) is 5.56 Å². The van der Waals surface area contributed by atoms with Gasteiger partial charge in [-0.3, -0.25) is 0 Å². The second kappa shape index (κ2) is 6.30. The third-order valence-corrected chi connectivity index (χ3v) is 8.18. The Labute approximate surface area is 133 Å². The molecule has 108 valence electrons. The lowest BCUT2D eigenvalue weighted by molar-refractivity contribution is 1.69. The fourth-order valence-electron chi connectivity index (χ4n) is 2.81. The lowest BCUT2D eigenvalue weighted by atomic mass is 10.2. The second-order valence-corrected chi connectivity index (χ2v) is 9.03. The van der Waals surface area contributed by atoms with Gasteiger partial charge in [-0.2, -0.15) is 0 Å². The van der Waals surface area contributed by atoms with Crippen molar-refractivity contribution in [1.29, 1.82) is 0 Å². The summed E-state index contributed by atoms with van der Waals surface area (Å²) in [5.41, 5.74) is 1.16. The molecule has 0 spiro atoms. The highest BCUT2D eigenvalue weighted by Crippen LogP contribution is 2.51. The van der Waals surface area contributed by atoms with Crippen LogP contribution in [0.2, 0.25) is 0 Å². The van der Waals surface area contributed by atoms with Crippen molar-refractivity contribution in [2.75, 3.05) is 6.66 Å². The zero-order chi connectivity index (χ0) is 15.4. The van der Waals surface area contributed by atoms with E-state index in [0.29, 0.717) is 0 Å². The molecule has 22 heavy (non-hydrogen) atoms. The Kier molecular flexibility index (Phi) is 4.22. The molecule has 3 rings (SSSR count). The van der Waals surface area contributed by atoms with E-state index in [-0.39, 0.29) is 0 Å². The van der Waals surface area contributed by atoms with Gasteiger partial charge >= 0.3 is 0 Å². The van der Waals surface area contributed by atoms with Crippen LogP contribution in [0.5, 0.6) is 0 Å². The molecule has 0 fully saturated rings. The van der Waals surface area contributed by atoms with Crippen LogP contribution in [0.15, 0.2) is 91.5 Å². The molecule has 0 saturated heterocycles. The molecule has 1 heteroatoms. The minimum Gasteiger partial charge on any atom is -0.0985 e. The molecule has 0 aliphatic carbocycles. The first kappa shape index (κ1) is 14.8. The Hall–Kier alpha value is -2.17. The van der Waals surface area contributed by atoms with Gasteiger partial charge in [0.1, 0.15) is 23.2 Å². The van der Waals surface area contributed by atoms with E-state index in [2.05, 4.69) is 98.2 Å². The monoisotopic (exact) mass is 303 g/mol.